The smallest absolute Gasteiger partial charge is 0.306 e. The Balaban J connectivity index is 4.39. The Labute approximate surface area is 486 Å². The summed E-state index contributed by atoms with van der Waals surface area (Å²) in [5, 5.41) is 0. The zero-order valence-corrected chi connectivity index (χ0v) is 50.8. The SMILES string of the molecule is CC/C=C\C/C=C\C/C=C\C/C=C\C/C=C\CCCCCCCC(=O)OC(COC(=O)CC/C=C\C/C=C\C/C=C\C/C=C\CC)COC(=O)CCCCCCCCCCCCCCCC/C=C\C/C=C\C/C=C\C/C=C\CC. The van der Waals surface area contributed by atoms with Crippen molar-refractivity contribution in [3.63, 3.8) is 0 Å². The molecule has 0 aliphatic rings. The van der Waals surface area contributed by atoms with E-state index < -0.39 is 6.10 Å². The summed E-state index contributed by atoms with van der Waals surface area (Å²) in [4.78, 5) is 38.3. The lowest BCUT2D eigenvalue weighted by Gasteiger charge is -2.18. The number of ether oxygens (including phenoxy) is 3. The van der Waals surface area contributed by atoms with E-state index in [-0.39, 0.29) is 44.0 Å². The van der Waals surface area contributed by atoms with E-state index in [1.54, 1.807) is 0 Å². The van der Waals surface area contributed by atoms with Crippen molar-refractivity contribution >= 4 is 17.9 Å². The first-order valence-electron chi connectivity index (χ1n) is 32.0. The minimum Gasteiger partial charge on any atom is -0.462 e. The van der Waals surface area contributed by atoms with Crippen molar-refractivity contribution in [3.8, 4) is 0 Å². The van der Waals surface area contributed by atoms with Gasteiger partial charge in [-0.25, -0.2) is 0 Å². The van der Waals surface area contributed by atoms with Gasteiger partial charge in [-0.15, -0.1) is 0 Å². The molecule has 0 N–H and O–H groups in total. The molecule has 1 atom stereocenters. The van der Waals surface area contributed by atoms with Crippen molar-refractivity contribution in [1.29, 1.82) is 0 Å². The monoisotopic (exact) mass is 1090 g/mol. The maximum Gasteiger partial charge on any atom is 0.306 e. The molecule has 0 aliphatic carbocycles. The minimum absolute atomic E-state index is 0.114. The van der Waals surface area contributed by atoms with Gasteiger partial charge >= 0.3 is 17.9 Å². The lowest BCUT2D eigenvalue weighted by molar-refractivity contribution is -0.166. The molecule has 0 aromatic rings. The molecule has 6 heteroatoms. The largest absolute Gasteiger partial charge is 0.462 e. The average Bonchev–Trinajstić information content (AvgIpc) is 3.45. The van der Waals surface area contributed by atoms with Gasteiger partial charge in [-0.1, -0.05) is 275 Å². The van der Waals surface area contributed by atoms with Gasteiger partial charge < -0.3 is 14.2 Å². The van der Waals surface area contributed by atoms with Crippen molar-refractivity contribution in [2.24, 2.45) is 0 Å². The number of carbonyl (C=O) groups excluding carboxylic acids is 3. The third-order valence-electron chi connectivity index (χ3n) is 13.0. The van der Waals surface area contributed by atoms with Crippen LogP contribution >= 0.6 is 0 Å². The van der Waals surface area contributed by atoms with Gasteiger partial charge in [0.1, 0.15) is 13.2 Å². The molecule has 0 bridgehead atoms. The molecule has 1 unspecified atom stereocenters. The first kappa shape index (κ1) is 74.0. The van der Waals surface area contributed by atoms with Gasteiger partial charge in [0.25, 0.3) is 0 Å². The van der Waals surface area contributed by atoms with E-state index in [2.05, 4.69) is 167 Å². The number of allylic oxidation sites excluding steroid dienone is 26. The van der Waals surface area contributed by atoms with Crippen LogP contribution in [0.3, 0.4) is 0 Å². The average molecular weight is 1090 g/mol. The second-order valence-electron chi connectivity index (χ2n) is 20.5. The zero-order chi connectivity index (χ0) is 57.1. The molecule has 0 aliphatic heterocycles. The molecule has 444 valence electrons. The zero-order valence-electron chi connectivity index (χ0n) is 50.8. The number of carbonyl (C=O) groups is 3. The fraction of sp³-hybridized carbons (Fsp3) is 0.603. The highest BCUT2D eigenvalue weighted by Gasteiger charge is 2.19. The Hall–Kier alpha value is -4.97. The maximum atomic E-state index is 12.9. The summed E-state index contributed by atoms with van der Waals surface area (Å²) in [6.07, 6.45) is 95.5. The van der Waals surface area contributed by atoms with Crippen molar-refractivity contribution in [3.05, 3.63) is 158 Å². The first-order valence-corrected chi connectivity index (χ1v) is 32.0. The van der Waals surface area contributed by atoms with Crippen molar-refractivity contribution in [1.82, 2.24) is 0 Å². The molecule has 0 saturated carbocycles. The van der Waals surface area contributed by atoms with Crippen LogP contribution in [0.4, 0.5) is 0 Å². The van der Waals surface area contributed by atoms with Gasteiger partial charge in [0.15, 0.2) is 6.10 Å². The van der Waals surface area contributed by atoms with Gasteiger partial charge in [0.05, 0.1) is 0 Å². The Morgan fingerprint density at radius 2 is 0.481 bits per heavy atom. The summed E-state index contributed by atoms with van der Waals surface area (Å²) in [5.74, 6) is -1.02. The summed E-state index contributed by atoms with van der Waals surface area (Å²) >= 11 is 0. The second-order valence-corrected chi connectivity index (χ2v) is 20.5. The molecule has 0 heterocycles. The molecule has 0 fully saturated rings. The molecular formula is C73H116O6. The van der Waals surface area contributed by atoms with Crippen molar-refractivity contribution in [2.75, 3.05) is 13.2 Å². The van der Waals surface area contributed by atoms with Crippen LogP contribution in [0.15, 0.2) is 158 Å². The molecule has 0 saturated heterocycles. The van der Waals surface area contributed by atoms with Crippen molar-refractivity contribution in [2.45, 2.75) is 271 Å². The molecule has 0 radical (unpaired) electrons. The Kier molecular flexibility index (Phi) is 61.4. The van der Waals surface area contributed by atoms with Gasteiger partial charge in [0.2, 0.25) is 0 Å². The van der Waals surface area contributed by atoms with Crippen LogP contribution in [0.5, 0.6) is 0 Å². The molecule has 6 nitrogen and oxygen atoms in total. The molecule has 0 aromatic heterocycles. The molecule has 0 rings (SSSR count). The molecule has 79 heavy (non-hydrogen) atoms. The number of rotatable bonds is 56. The van der Waals surface area contributed by atoms with E-state index in [1.165, 1.54) is 77.0 Å². The van der Waals surface area contributed by atoms with E-state index in [4.69, 9.17) is 14.2 Å². The van der Waals surface area contributed by atoms with Gasteiger partial charge in [-0.3, -0.25) is 14.4 Å². The quantitative estimate of drug-likeness (QED) is 0.0261. The Morgan fingerprint density at radius 3 is 0.785 bits per heavy atom. The third-order valence-corrected chi connectivity index (χ3v) is 13.0. The van der Waals surface area contributed by atoms with Crippen LogP contribution in [-0.4, -0.2) is 37.2 Å². The van der Waals surface area contributed by atoms with E-state index in [9.17, 15) is 14.4 Å². The van der Waals surface area contributed by atoms with E-state index in [0.717, 1.165) is 141 Å². The highest BCUT2D eigenvalue weighted by molar-refractivity contribution is 5.71. The standard InChI is InChI=1S/C73H116O6/c1-4-7-10-13-16-19-22-25-27-29-31-33-34-35-36-37-38-40-41-43-45-48-51-54-57-60-63-66-72(75)78-69-70(68-77-71(74)65-62-59-56-53-50-47-24-21-18-15-12-9-6-3)79-73(76)67-64-61-58-55-52-49-46-44-42-39-32-30-28-26-23-20-17-14-11-8-5-2/h7-12,16-21,25-28,31-33,39,44,46-47,50,56,59,70H,4-6,13-15,22-24,29-30,34-38,40-43,45,48-49,51-55,57-58,60-69H2,1-3H3/b10-7-,11-8-,12-9-,19-16-,20-17-,21-18-,27-25-,28-26-,33-31-,39-32-,46-44-,50-47-,59-56-. The first-order chi connectivity index (χ1) is 39.0. The summed E-state index contributed by atoms with van der Waals surface area (Å²) < 4.78 is 16.8. The normalized spacial score (nSPS) is 13.2. The Morgan fingerprint density at radius 1 is 0.253 bits per heavy atom. The van der Waals surface area contributed by atoms with Crippen molar-refractivity contribution < 1.29 is 28.6 Å². The topological polar surface area (TPSA) is 78.9 Å². The van der Waals surface area contributed by atoms with E-state index >= 15 is 0 Å². The lowest BCUT2D eigenvalue weighted by Crippen LogP contribution is -2.30. The predicted molar refractivity (Wildman–Crippen MR) is 343 cm³/mol. The van der Waals surface area contributed by atoms with Crippen LogP contribution in [0, 0.1) is 0 Å². The number of esters is 3. The fourth-order valence-corrected chi connectivity index (χ4v) is 8.36. The molecule has 0 amide bonds. The maximum absolute atomic E-state index is 12.9. The molecule has 0 aromatic carbocycles. The van der Waals surface area contributed by atoms with Crippen LogP contribution in [0.1, 0.15) is 265 Å². The number of hydrogen-bond donors (Lipinski definition) is 0. The van der Waals surface area contributed by atoms with Gasteiger partial charge in [-0.2, -0.15) is 0 Å². The van der Waals surface area contributed by atoms with E-state index in [1.807, 2.05) is 12.2 Å². The van der Waals surface area contributed by atoms with Crippen LogP contribution in [0.25, 0.3) is 0 Å². The van der Waals surface area contributed by atoms with E-state index in [0.29, 0.717) is 12.8 Å². The summed E-state index contributed by atoms with van der Waals surface area (Å²) in [6.45, 7) is 6.22. The fourth-order valence-electron chi connectivity index (χ4n) is 8.36. The Bertz CT molecular complexity index is 1780. The highest BCUT2D eigenvalue weighted by atomic mass is 16.6. The number of hydrogen-bond acceptors (Lipinski definition) is 6. The highest BCUT2D eigenvalue weighted by Crippen LogP contribution is 2.15. The summed E-state index contributed by atoms with van der Waals surface area (Å²) in [5.41, 5.74) is 0. The third kappa shape index (κ3) is 63.7. The van der Waals surface area contributed by atoms with Gasteiger partial charge in [-0.05, 0) is 128 Å². The summed E-state index contributed by atoms with van der Waals surface area (Å²) in [6, 6.07) is 0. The van der Waals surface area contributed by atoms with Crippen LogP contribution < -0.4 is 0 Å². The minimum atomic E-state index is -0.826. The number of unbranched alkanes of at least 4 members (excludes halogenated alkanes) is 19. The van der Waals surface area contributed by atoms with Crippen LogP contribution in [0.2, 0.25) is 0 Å². The molecular weight excluding hydrogens is 973 g/mol. The van der Waals surface area contributed by atoms with Crippen LogP contribution in [-0.2, 0) is 28.6 Å². The second kappa shape index (κ2) is 65.5. The predicted octanol–water partition coefficient (Wildman–Crippen LogP) is 22.1. The van der Waals surface area contributed by atoms with Gasteiger partial charge in [0, 0.05) is 19.3 Å². The summed E-state index contributed by atoms with van der Waals surface area (Å²) in [7, 11) is 0. The lowest BCUT2D eigenvalue weighted by atomic mass is 10.0. The molecule has 0 spiro atoms.